The van der Waals surface area contributed by atoms with E-state index in [1.807, 2.05) is 30.0 Å². The molecule has 90 valence electrons. The van der Waals surface area contributed by atoms with Crippen molar-refractivity contribution in [1.82, 2.24) is 0 Å². The van der Waals surface area contributed by atoms with E-state index in [0.717, 1.165) is 17.9 Å². The quantitative estimate of drug-likeness (QED) is 0.743. The van der Waals surface area contributed by atoms with Gasteiger partial charge in [-0.3, -0.25) is 0 Å². The SMILES string of the molecule is CCCSCC(N)Cc1ccccc1OC. The highest BCUT2D eigenvalue weighted by atomic mass is 32.2. The lowest BCUT2D eigenvalue weighted by Crippen LogP contribution is -2.26. The molecule has 16 heavy (non-hydrogen) atoms. The van der Waals surface area contributed by atoms with Crippen LogP contribution in [0.3, 0.4) is 0 Å². The molecule has 2 N–H and O–H groups in total. The molecule has 3 heteroatoms. The van der Waals surface area contributed by atoms with Crippen LogP contribution in [0.1, 0.15) is 18.9 Å². The molecule has 0 bridgehead atoms. The first kappa shape index (κ1) is 13.4. The lowest BCUT2D eigenvalue weighted by molar-refractivity contribution is 0.408. The third-order valence-corrected chi connectivity index (χ3v) is 3.72. The largest absolute Gasteiger partial charge is 0.496 e. The van der Waals surface area contributed by atoms with Crippen LogP contribution >= 0.6 is 11.8 Å². The lowest BCUT2D eigenvalue weighted by Gasteiger charge is -2.13. The fourth-order valence-corrected chi connectivity index (χ4v) is 2.47. The van der Waals surface area contributed by atoms with E-state index in [0.29, 0.717) is 0 Å². The zero-order chi connectivity index (χ0) is 11.8. The van der Waals surface area contributed by atoms with Crippen molar-refractivity contribution in [2.45, 2.75) is 25.8 Å². The van der Waals surface area contributed by atoms with Gasteiger partial charge in [0.25, 0.3) is 0 Å². The molecular formula is C13H21NOS. The van der Waals surface area contributed by atoms with Gasteiger partial charge in [-0.05, 0) is 30.2 Å². The Bertz CT molecular complexity index is 304. The monoisotopic (exact) mass is 239 g/mol. The van der Waals surface area contributed by atoms with Gasteiger partial charge in [0.15, 0.2) is 0 Å². The molecule has 0 heterocycles. The third-order valence-electron chi connectivity index (χ3n) is 2.36. The minimum absolute atomic E-state index is 0.216. The van der Waals surface area contributed by atoms with Crippen LogP contribution in [-0.4, -0.2) is 24.7 Å². The molecule has 1 rings (SSSR count). The van der Waals surface area contributed by atoms with Crippen molar-refractivity contribution in [3.8, 4) is 5.75 Å². The Hall–Kier alpha value is -0.670. The zero-order valence-corrected chi connectivity index (χ0v) is 10.9. The van der Waals surface area contributed by atoms with E-state index < -0.39 is 0 Å². The maximum absolute atomic E-state index is 6.09. The molecule has 0 aliphatic carbocycles. The summed E-state index contributed by atoms with van der Waals surface area (Å²) in [6, 6.07) is 8.31. The van der Waals surface area contributed by atoms with Gasteiger partial charge in [-0.15, -0.1) is 0 Å². The summed E-state index contributed by atoms with van der Waals surface area (Å²) < 4.78 is 5.31. The molecule has 1 aromatic carbocycles. The summed E-state index contributed by atoms with van der Waals surface area (Å²) in [4.78, 5) is 0. The van der Waals surface area contributed by atoms with Gasteiger partial charge >= 0.3 is 0 Å². The van der Waals surface area contributed by atoms with E-state index in [1.54, 1.807) is 7.11 Å². The van der Waals surface area contributed by atoms with E-state index in [2.05, 4.69) is 13.0 Å². The van der Waals surface area contributed by atoms with Crippen LogP contribution in [-0.2, 0) is 6.42 Å². The minimum Gasteiger partial charge on any atom is -0.496 e. The molecular weight excluding hydrogens is 218 g/mol. The molecule has 0 aliphatic heterocycles. The summed E-state index contributed by atoms with van der Waals surface area (Å²) in [6.07, 6.45) is 2.10. The molecule has 0 fully saturated rings. The molecule has 0 saturated carbocycles. The summed E-state index contributed by atoms with van der Waals surface area (Å²) in [5.74, 6) is 3.16. The minimum atomic E-state index is 0.216. The summed E-state index contributed by atoms with van der Waals surface area (Å²) >= 11 is 1.93. The number of methoxy groups -OCH3 is 1. The third kappa shape index (κ3) is 4.45. The first-order valence-electron chi connectivity index (χ1n) is 5.73. The summed E-state index contributed by atoms with van der Waals surface area (Å²) in [5, 5.41) is 0. The second kappa shape index (κ2) is 7.58. The zero-order valence-electron chi connectivity index (χ0n) is 10.1. The smallest absolute Gasteiger partial charge is 0.122 e. The van der Waals surface area contributed by atoms with Gasteiger partial charge in [-0.25, -0.2) is 0 Å². The highest BCUT2D eigenvalue weighted by Gasteiger charge is 2.07. The number of para-hydroxylation sites is 1. The lowest BCUT2D eigenvalue weighted by atomic mass is 10.1. The van der Waals surface area contributed by atoms with E-state index in [9.17, 15) is 0 Å². The fourth-order valence-electron chi connectivity index (χ4n) is 1.59. The first-order valence-corrected chi connectivity index (χ1v) is 6.88. The van der Waals surface area contributed by atoms with Crippen molar-refractivity contribution < 1.29 is 4.74 Å². The number of nitrogens with two attached hydrogens (primary N) is 1. The Labute approximate surface area is 103 Å². The number of hydrogen-bond donors (Lipinski definition) is 1. The summed E-state index contributed by atoms with van der Waals surface area (Å²) in [6.45, 7) is 2.19. The van der Waals surface area contributed by atoms with E-state index in [1.165, 1.54) is 17.7 Å². The van der Waals surface area contributed by atoms with Crippen LogP contribution in [0.5, 0.6) is 5.75 Å². The van der Waals surface area contributed by atoms with Crippen molar-refractivity contribution >= 4 is 11.8 Å². The van der Waals surface area contributed by atoms with Crippen LogP contribution in [0, 0.1) is 0 Å². The van der Waals surface area contributed by atoms with Gasteiger partial charge in [0, 0.05) is 11.8 Å². The molecule has 0 aromatic heterocycles. The Morgan fingerprint density at radius 3 is 2.81 bits per heavy atom. The van der Waals surface area contributed by atoms with Gasteiger partial charge in [0.05, 0.1) is 7.11 Å². The molecule has 1 aromatic rings. The van der Waals surface area contributed by atoms with Crippen LogP contribution in [0.25, 0.3) is 0 Å². The maximum atomic E-state index is 6.09. The van der Waals surface area contributed by atoms with Crippen molar-refractivity contribution in [2.24, 2.45) is 5.73 Å². The average molecular weight is 239 g/mol. The van der Waals surface area contributed by atoms with Crippen LogP contribution < -0.4 is 10.5 Å². The van der Waals surface area contributed by atoms with Gasteiger partial charge in [0.1, 0.15) is 5.75 Å². The van der Waals surface area contributed by atoms with Crippen LogP contribution in [0.2, 0.25) is 0 Å². The van der Waals surface area contributed by atoms with Gasteiger partial charge in [-0.2, -0.15) is 11.8 Å². The summed E-state index contributed by atoms with van der Waals surface area (Å²) in [7, 11) is 1.70. The second-order valence-electron chi connectivity index (χ2n) is 3.85. The standard InChI is InChI=1S/C13H21NOS/c1-3-8-16-10-12(14)9-11-6-4-5-7-13(11)15-2/h4-7,12H,3,8-10,14H2,1-2H3. The normalized spacial score (nSPS) is 12.4. The van der Waals surface area contributed by atoms with Crippen molar-refractivity contribution in [2.75, 3.05) is 18.6 Å². The van der Waals surface area contributed by atoms with E-state index in [4.69, 9.17) is 10.5 Å². The molecule has 0 radical (unpaired) electrons. The van der Waals surface area contributed by atoms with Crippen LogP contribution in [0.15, 0.2) is 24.3 Å². The Balaban J connectivity index is 2.45. The predicted octanol–water partition coefficient (Wildman–Crippen LogP) is 2.71. The Morgan fingerprint density at radius 1 is 1.38 bits per heavy atom. The van der Waals surface area contributed by atoms with Crippen molar-refractivity contribution in [3.05, 3.63) is 29.8 Å². The number of benzene rings is 1. The van der Waals surface area contributed by atoms with Crippen molar-refractivity contribution in [3.63, 3.8) is 0 Å². The topological polar surface area (TPSA) is 35.2 Å². The second-order valence-corrected chi connectivity index (χ2v) is 5.00. The predicted molar refractivity (Wildman–Crippen MR) is 72.3 cm³/mol. The molecule has 1 unspecified atom stereocenters. The first-order chi connectivity index (χ1) is 7.77. The Morgan fingerprint density at radius 2 is 2.12 bits per heavy atom. The molecule has 2 nitrogen and oxygen atoms in total. The molecule has 0 saturated heterocycles. The van der Waals surface area contributed by atoms with E-state index in [-0.39, 0.29) is 6.04 Å². The molecule has 1 atom stereocenters. The average Bonchev–Trinajstić information content (AvgIpc) is 2.30. The van der Waals surface area contributed by atoms with Gasteiger partial charge in [-0.1, -0.05) is 25.1 Å². The van der Waals surface area contributed by atoms with Crippen molar-refractivity contribution in [1.29, 1.82) is 0 Å². The summed E-state index contributed by atoms with van der Waals surface area (Å²) in [5.41, 5.74) is 7.30. The fraction of sp³-hybridized carbons (Fsp3) is 0.538. The molecule has 0 spiro atoms. The molecule has 0 aliphatic rings. The number of hydrogen-bond acceptors (Lipinski definition) is 3. The van der Waals surface area contributed by atoms with Gasteiger partial charge < -0.3 is 10.5 Å². The number of thioether (sulfide) groups is 1. The highest BCUT2D eigenvalue weighted by Crippen LogP contribution is 2.19. The maximum Gasteiger partial charge on any atom is 0.122 e. The van der Waals surface area contributed by atoms with Gasteiger partial charge in [0.2, 0.25) is 0 Å². The van der Waals surface area contributed by atoms with E-state index >= 15 is 0 Å². The number of ether oxygens (including phenoxy) is 1. The Kier molecular flexibility index (Phi) is 6.34. The van der Waals surface area contributed by atoms with Crippen LogP contribution in [0.4, 0.5) is 0 Å². The highest BCUT2D eigenvalue weighted by molar-refractivity contribution is 7.99. The molecule has 0 amide bonds. The number of rotatable bonds is 7.